The van der Waals surface area contributed by atoms with Gasteiger partial charge in [-0.15, -0.1) is 5.10 Å². The Kier molecular flexibility index (Phi) is 4.37. The average Bonchev–Trinajstić information content (AvgIpc) is 3.20. The van der Waals surface area contributed by atoms with E-state index in [1.165, 1.54) is 12.8 Å². The molecule has 1 amide bonds. The van der Waals surface area contributed by atoms with Crippen molar-refractivity contribution in [3.63, 3.8) is 0 Å². The molecule has 0 radical (unpaired) electrons. The van der Waals surface area contributed by atoms with E-state index in [1.54, 1.807) is 17.9 Å². The van der Waals surface area contributed by atoms with Gasteiger partial charge in [0, 0.05) is 6.04 Å². The van der Waals surface area contributed by atoms with E-state index in [1.807, 2.05) is 30.3 Å². The lowest BCUT2D eigenvalue weighted by atomic mass is 10.2. The molecule has 116 valence electrons. The van der Waals surface area contributed by atoms with Gasteiger partial charge in [-0.05, 0) is 31.9 Å². The largest absolute Gasteiger partial charge is 0.449 e. The summed E-state index contributed by atoms with van der Waals surface area (Å²) in [5.41, 5.74) is 0.896. The highest BCUT2D eigenvalue weighted by atomic mass is 16.5. The van der Waals surface area contributed by atoms with Crippen molar-refractivity contribution in [3.8, 4) is 11.7 Å². The lowest BCUT2D eigenvalue weighted by molar-refractivity contribution is -0.128. The summed E-state index contributed by atoms with van der Waals surface area (Å²) in [5.74, 6) is -0.108. The first-order valence-electron chi connectivity index (χ1n) is 7.66. The van der Waals surface area contributed by atoms with Crippen LogP contribution in [0.15, 0.2) is 36.7 Å². The molecule has 1 aliphatic carbocycles. The normalized spacial score (nSPS) is 16.4. The lowest BCUT2D eigenvalue weighted by Crippen LogP contribution is -2.41. The fraction of sp³-hybridized carbons (Fsp3) is 0.438. The van der Waals surface area contributed by atoms with Gasteiger partial charge in [0.1, 0.15) is 6.33 Å². The molecule has 1 fully saturated rings. The van der Waals surface area contributed by atoms with Gasteiger partial charge in [0.05, 0.1) is 5.69 Å². The lowest BCUT2D eigenvalue weighted by Gasteiger charge is -2.16. The minimum absolute atomic E-state index is 0.108. The summed E-state index contributed by atoms with van der Waals surface area (Å²) < 4.78 is 7.16. The number of amides is 1. The third-order valence-corrected chi connectivity index (χ3v) is 3.84. The molecule has 1 heterocycles. The van der Waals surface area contributed by atoms with Crippen molar-refractivity contribution in [3.05, 3.63) is 36.7 Å². The van der Waals surface area contributed by atoms with Crippen molar-refractivity contribution in [2.75, 3.05) is 0 Å². The molecule has 2 aromatic rings. The van der Waals surface area contributed by atoms with E-state index in [-0.39, 0.29) is 18.0 Å². The van der Waals surface area contributed by atoms with E-state index >= 15 is 0 Å². The standard InChI is InChI=1S/C16H20N4O2/c1-12(15(21)18-13-7-5-6-8-13)22-16-17-11-20(19-16)14-9-3-2-4-10-14/h2-4,9-13H,5-8H2,1H3,(H,18,21). The van der Waals surface area contributed by atoms with Crippen LogP contribution in [0.4, 0.5) is 0 Å². The fourth-order valence-electron chi connectivity index (χ4n) is 2.61. The van der Waals surface area contributed by atoms with Gasteiger partial charge in [-0.3, -0.25) is 4.79 Å². The molecule has 1 aromatic heterocycles. The van der Waals surface area contributed by atoms with Crippen molar-refractivity contribution in [1.29, 1.82) is 0 Å². The maximum atomic E-state index is 12.1. The highest BCUT2D eigenvalue weighted by molar-refractivity contribution is 5.80. The van der Waals surface area contributed by atoms with Gasteiger partial charge >= 0.3 is 6.01 Å². The summed E-state index contributed by atoms with van der Waals surface area (Å²) in [7, 11) is 0. The number of ether oxygens (including phenoxy) is 1. The topological polar surface area (TPSA) is 69.0 Å². The van der Waals surface area contributed by atoms with Gasteiger partial charge in [-0.25, -0.2) is 4.68 Å². The molecule has 22 heavy (non-hydrogen) atoms. The van der Waals surface area contributed by atoms with Crippen molar-refractivity contribution in [1.82, 2.24) is 20.1 Å². The number of hydrogen-bond acceptors (Lipinski definition) is 4. The van der Waals surface area contributed by atoms with Gasteiger partial charge < -0.3 is 10.1 Å². The van der Waals surface area contributed by atoms with Crippen LogP contribution in [0, 0.1) is 0 Å². The zero-order chi connectivity index (χ0) is 15.4. The molecule has 6 heteroatoms. The van der Waals surface area contributed by atoms with Crippen LogP contribution in [-0.2, 0) is 4.79 Å². The van der Waals surface area contributed by atoms with Gasteiger partial charge in [-0.1, -0.05) is 31.0 Å². The van der Waals surface area contributed by atoms with Crippen molar-refractivity contribution >= 4 is 5.91 Å². The number of hydrogen-bond donors (Lipinski definition) is 1. The van der Waals surface area contributed by atoms with E-state index in [0.29, 0.717) is 0 Å². The van der Waals surface area contributed by atoms with Gasteiger partial charge in [0.25, 0.3) is 5.91 Å². The minimum atomic E-state index is -0.604. The van der Waals surface area contributed by atoms with E-state index in [0.717, 1.165) is 18.5 Å². The second-order valence-corrected chi connectivity index (χ2v) is 5.56. The van der Waals surface area contributed by atoms with Crippen LogP contribution in [-0.4, -0.2) is 32.8 Å². The van der Waals surface area contributed by atoms with E-state index in [9.17, 15) is 4.79 Å². The first-order chi connectivity index (χ1) is 10.7. The zero-order valence-electron chi connectivity index (χ0n) is 12.6. The summed E-state index contributed by atoms with van der Waals surface area (Å²) in [4.78, 5) is 16.2. The Bertz CT molecular complexity index is 620. The number of carbonyl (C=O) groups is 1. The molecular formula is C16H20N4O2. The average molecular weight is 300 g/mol. The van der Waals surface area contributed by atoms with E-state index in [4.69, 9.17) is 4.74 Å². The van der Waals surface area contributed by atoms with Gasteiger partial charge in [0.15, 0.2) is 6.10 Å². The number of aromatic nitrogens is 3. The summed E-state index contributed by atoms with van der Waals surface area (Å²) >= 11 is 0. The summed E-state index contributed by atoms with van der Waals surface area (Å²) in [6.45, 7) is 1.72. The Balaban J connectivity index is 1.58. The SMILES string of the molecule is CC(Oc1ncn(-c2ccccc2)n1)C(=O)NC1CCCC1. The van der Waals surface area contributed by atoms with Crippen LogP contribution in [0.5, 0.6) is 6.01 Å². The first kappa shape index (κ1) is 14.6. The maximum Gasteiger partial charge on any atom is 0.336 e. The van der Waals surface area contributed by atoms with Crippen LogP contribution >= 0.6 is 0 Å². The molecule has 6 nitrogen and oxygen atoms in total. The Hall–Kier alpha value is -2.37. The van der Waals surface area contributed by atoms with Gasteiger partial charge in [0.2, 0.25) is 0 Å². The zero-order valence-corrected chi connectivity index (χ0v) is 12.6. The Morgan fingerprint density at radius 1 is 1.32 bits per heavy atom. The molecule has 1 unspecified atom stereocenters. The minimum Gasteiger partial charge on any atom is -0.449 e. The molecular weight excluding hydrogens is 280 g/mol. The Morgan fingerprint density at radius 3 is 2.77 bits per heavy atom. The van der Waals surface area contributed by atoms with Crippen molar-refractivity contribution in [2.24, 2.45) is 0 Å². The third-order valence-electron chi connectivity index (χ3n) is 3.84. The number of para-hydroxylation sites is 1. The van der Waals surface area contributed by atoms with Gasteiger partial charge in [-0.2, -0.15) is 4.98 Å². The quantitative estimate of drug-likeness (QED) is 0.918. The van der Waals surface area contributed by atoms with Crippen LogP contribution in [0.1, 0.15) is 32.6 Å². The Labute approximate surface area is 129 Å². The first-order valence-corrected chi connectivity index (χ1v) is 7.66. The molecule has 0 aliphatic heterocycles. The molecule has 1 N–H and O–H groups in total. The molecule has 1 aliphatic rings. The second-order valence-electron chi connectivity index (χ2n) is 5.56. The monoisotopic (exact) mass is 300 g/mol. The highest BCUT2D eigenvalue weighted by Gasteiger charge is 2.22. The summed E-state index contributed by atoms with van der Waals surface area (Å²) in [6, 6.07) is 10.1. The number of benzene rings is 1. The molecule has 1 atom stereocenters. The predicted molar refractivity (Wildman–Crippen MR) is 81.8 cm³/mol. The number of nitrogens with zero attached hydrogens (tertiary/aromatic N) is 3. The van der Waals surface area contributed by atoms with Crippen LogP contribution < -0.4 is 10.1 Å². The molecule has 0 saturated heterocycles. The second kappa shape index (κ2) is 6.60. The molecule has 3 rings (SSSR count). The molecule has 1 aromatic carbocycles. The highest BCUT2D eigenvalue weighted by Crippen LogP contribution is 2.18. The van der Waals surface area contributed by atoms with Crippen LogP contribution in [0.3, 0.4) is 0 Å². The summed E-state index contributed by atoms with van der Waals surface area (Å²) in [5, 5.41) is 7.25. The Morgan fingerprint density at radius 2 is 2.05 bits per heavy atom. The smallest absolute Gasteiger partial charge is 0.336 e. The predicted octanol–water partition coefficient (Wildman–Crippen LogP) is 2.09. The van der Waals surface area contributed by atoms with Crippen molar-refractivity contribution < 1.29 is 9.53 Å². The number of nitrogens with one attached hydrogen (secondary N) is 1. The fourth-order valence-corrected chi connectivity index (χ4v) is 2.61. The maximum absolute atomic E-state index is 12.1. The summed E-state index contributed by atoms with van der Waals surface area (Å²) in [6.07, 6.45) is 5.45. The number of carbonyl (C=O) groups excluding carboxylic acids is 1. The van der Waals surface area contributed by atoms with Crippen LogP contribution in [0.25, 0.3) is 5.69 Å². The van der Waals surface area contributed by atoms with E-state index < -0.39 is 6.10 Å². The van der Waals surface area contributed by atoms with Crippen molar-refractivity contribution in [2.45, 2.75) is 44.8 Å². The van der Waals surface area contributed by atoms with Crippen LogP contribution in [0.2, 0.25) is 0 Å². The number of rotatable bonds is 5. The molecule has 1 saturated carbocycles. The molecule has 0 bridgehead atoms. The third kappa shape index (κ3) is 3.44. The molecule has 0 spiro atoms. The van der Waals surface area contributed by atoms with E-state index in [2.05, 4.69) is 15.4 Å².